The summed E-state index contributed by atoms with van der Waals surface area (Å²) in [6.45, 7) is 10.2. The Morgan fingerprint density at radius 1 is 1.13 bits per heavy atom. The van der Waals surface area contributed by atoms with Crippen LogP contribution in [0.3, 0.4) is 0 Å². The van der Waals surface area contributed by atoms with Crippen LogP contribution in [-0.4, -0.2) is 44.3 Å². The normalized spacial score (nSPS) is 20.7. The van der Waals surface area contributed by atoms with Gasteiger partial charge >= 0.3 is 0 Å². The number of piperidine rings is 1. The third kappa shape index (κ3) is 3.99. The molecule has 0 aromatic heterocycles. The smallest absolute Gasteiger partial charge is 0.161 e. The van der Waals surface area contributed by atoms with Gasteiger partial charge in [-0.15, -0.1) is 0 Å². The average Bonchev–Trinajstić information content (AvgIpc) is 2.56. The van der Waals surface area contributed by atoms with Crippen molar-refractivity contribution in [2.45, 2.75) is 32.6 Å². The highest BCUT2D eigenvalue weighted by atomic mass is 16.6. The standard InChI is InChI=1S/C19H30N2O2/c1-14(2)13-21-7-5-15(6-8-21)17(12-20)16-3-4-18-19(11-16)23-10-9-22-18/h3-4,11,14-15,17H,5-10,12-13,20H2,1-2H3. The van der Waals surface area contributed by atoms with Crippen LogP contribution < -0.4 is 15.2 Å². The van der Waals surface area contributed by atoms with Gasteiger partial charge in [-0.05, 0) is 67.9 Å². The zero-order valence-electron chi connectivity index (χ0n) is 14.5. The molecule has 0 spiro atoms. The first-order valence-electron chi connectivity index (χ1n) is 8.99. The molecule has 1 fully saturated rings. The number of fused-ring (bicyclic) bond motifs is 1. The Morgan fingerprint density at radius 2 is 1.83 bits per heavy atom. The van der Waals surface area contributed by atoms with Gasteiger partial charge in [-0.3, -0.25) is 0 Å². The summed E-state index contributed by atoms with van der Waals surface area (Å²) in [4.78, 5) is 2.60. The molecule has 0 radical (unpaired) electrons. The van der Waals surface area contributed by atoms with Gasteiger partial charge < -0.3 is 20.1 Å². The van der Waals surface area contributed by atoms with Gasteiger partial charge in [0.1, 0.15) is 13.2 Å². The predicted molar refractivity (Wildman–Crippen MR) is 93.2 cm³/mol. The lowest BCUT2D eigenvalue weighted by Crippen LogP contribution is -2.38. The summed E-state index contributed by atoms with van der Waals surface area (Å²) in [6.07, 6.45) is 2.48. The second-order valence-electron chi connectivity index (χ2n) is 7.28. The monoisotopic (exact) mass is 318 g/mol. The molecule has 2 aliphatic rings. The minimum atomic E-state index is 0.423. The van der Waals surface area contributed by atoms with Gasteiger partial charge in [0, 0.05) is 6.54 Å². The van der Waals surface area contributed by atoms with E-state index in [0.29, 0.717) is 31.6 Å². The van der Waals surface area contributed by atoms with E-state index < -0.39 is 0 Å². The summed E-state index contributed by atoms with van der Waals surface area (Å²) >= 11 is 0. The molecule has 128 valence electrons. The summed E-state index contributed by atoms with van der Waals surface area (Å²) in [5.74, 6) is 3.58. The lowest BCUT2D eigenvalue weighted by Gasteiger charge is -2.37. The van der Waals surface area contributed by atoms with Crippen molar-refractivity contribution in [2.75, 3.05) is 39.4 Å². The summed E-state index contributed by atoms with van der Waals surface area (Å²) in [5, 5.41) is 0. The Kier molecular flexibility index (Phi) is 5.44. The summed E-state index contributed by atoms with van der Waals surface area (Å²) in [6, 6.07) is 6.36. The van der Waals surface area contributed by atoms with Gasteiger partial charge in [-0.1, -0.05) is 19.9 Å². The Hall–Kier alpha value is -1.26. The maximum atomic E-state index is 6.14. The predicted octanol–water partition coefficient (Wildman–Crippen LogP) is 2.87. The zero-order chi connectivity index (χ0) is 16.2. The molecule has 2 N–H and O–H groups in total. The second-order valence-corrected chi connectivity index (χ2v) is 7.28. The number of nitrogens with zero attached hydrogens (tertiary/aromatic N) is 1. The van der Waals surface area contributed by atoms with Gasteiger partial charge in [0.05, 0.1) is 0 Å². The van der Waals surface area contributed by atoms with Gasteiger partial charge in [0.2, 0.25) is 0 Å². The molecule has 2 heterocycles. The molecular weight excluding hydrogens is 288 g/mol. The Balaban J connectivity index is 1.66. The molecule has 0 bridgehead atoms. The molecule has 1 aromatic carbocycles. The van der Waals surface area contributed by atoms with Crippen molar-refractivity contribution in [3.63, 3.8) is 0 Å². The molecule has 2 aliphatic heterocycles. The molecule has 1 atom stereocenters. The Bertz CT molecular complexity index is 510. The van der Waals surface area contributed by atoms with Crippen LogP contribution in [0.25, 0.3) is 0 Å². The third-order valence-electron chi connectivity index (χ3n) is 5.07. The molecule has 3 rings (SSSR count). The van der Waals surface area contributed by atoms with E-state index in [0.717, 1.165) is 17.4 Å². The van der Waals surface area contributed by atoms with E-state index in [-0.39, 0.29) is 0 Å². The first-order valence-corrected chi connectivity index (χ1v) is 8.99. The first-order chi connectivity index (χ1) is 11.2. The second kappa shape index (κ2) is 7.54. The number of likely N-dealkylation sites (tertiary alicyclic amines) is 1. The SMILES string of the molecule is CC(C)CN1CCC(C(CN)c2ccc3c(c2)OCCO3)CC1. The molecule has 0 amide bonds. The van der Waals surface area contributed by atoms with Gasteiger partial charge in [0.15, 0.2) is 11.5 Å². The maximum Gasteiger partial charge on any atom is 0.161 e. The first kappa shape index (κ1) is 16.6. The fourth-order valence-electron chi connectivity index (χ4n) is 3.95. The van der Waals surface area contributed by atoms with E-state index in [1.165, 1.54) is 38.0 Å². The van der Waals surface area contributed by atoms with E-state index in [2.05, 4.69) is 30.9 Å². The van der Waals surface area contributed by atoms with Crippen molar-refractivity contribution in [1.82, 2.24) is 4.90 Å². The van der Waals surface area contributed by atoms with Crippen LogP contribution in [0.5, 0.6) is 11.5 Å². The van der Waals surface area contributed by atoms with Crippen LogP contribution in [0, 0.1) is 11.8 Å². The van der Waals surface area contributed by atoms with Crippen molar-refractivity contribution < 1.29 is 9.47 Å². The molecule has 0 aliphatic carbocycles. The van der Waals surface area contributed by atoms with Crippen LogP contribution in [0.15, 0.2) is 18.2 Å². The Labute approximate surface area is 139 Å². The largest absolute Gasteiger partial charge is 0.486 e. The molecule has 4 nitrogen and oxygen atoms in total. The van der Waals surface area contributed by atoms with Crippen molar-refractivity contribution in [1.29, 1.82) is 0 Å². The topological polar surface area (TPSA) is 47.7 Å². The zero-order valence-corrected chi connectivity index (χ0v) is 14.5. The van der Waals surface area contributed by atoms with Gasteiger partial charge in [0.25, 0.3) is 0 Å². The van der Waals surface area contributed by atoms with Crippen molar-refractivity contribution in [3.05, 3.63) is 23.8 Å². The highest BCUT2D eigenvalue weighted by molar-refractivity contribution is 5.45. The van der Waals surface area contributed by atoms with E-state index >= 15 is 0 Å². The number of nitrogens with two attached hydrogens (primary N) is 1. The molecule has 1 aromatic rings. The quantitative estimate of drug-likeness (QED) is 0.907. The number of hydrogen-bond donors (Lipinski definition) is 1. The lowest BCUT2D eigenvalue weighted by atomic mass is 9.80. The molecule has 1 saturated heterocycles. The van der Waals surface area contributed by atoms with E-state index in [1.807, 2.05) is 6.07 Å². The summed E-state index contributed by atoms with van der Waals surface area (Å²) in [7, 11) is 0. The van der Waals surface area contributed by atoms with Crippen molar-refractivity contribution in [3.8, 4) is 11.5 Å². The van der Waals surface area contributed by atoms with E-state index in [9.17, 15) is 0 Å². The van der Waals surface area contributed by atoms with Crippen LogP contribution in [0.1, 0.15) is 38.2 Å². The number of ether oxygens (including phenoxy) is 2. The summed E-state index contributed by atoms with van der Waals surface area (Å²) in [5.41, 5.74) is 7.45. The van der Waals surface area contributed by atoms with E-state index in [4.69, 9.17) is 15.2 Å². The minimum Gasteiger partial charge on any atom is -0.486 e. The van der Waals surface area contributed by atoms with Crippen LogP contribution in [0.4, 0.5) is 0 Å². The fraction of sp³-hybridized carbons (Fsp3) is 0.684. The van der Waals surface area contributed by atoms with Crippen molar-refractivity contribution >= 4 is 0 Å². The van der Waals surface area contributed by atoms with Gasteiger partial charge in [-0.2, -0.15) is 0 Å². The molecule has 0 saturated carbocycles. The fourth-order valence-corrected chi connectivity index (χ4v) is 3.95. The van der Waals surface area contributed by atoms with Crippen LogP contribution >= 0.6 is 0 Å². The summed E-state index contributed by atoms with van der Waals surface area (Å²) < 4.78 is 11.4. The van der Waals surface area contributed by atoms with E-state index in [1.54, 1.807) is 0 Å². The third-order valence-corrected chi connectivity index (χ3v) is 5.07. The maximum absolute atomic E-state index is 6.14. The minimum absolute atomic E-state index is 0.423. The van der Waals surface area contributed by atoms with Crippen molar-refractivity contribution in [2.24, 2.45) is 17.6 Å². The Morgan fingerprint density at radius 3 is 2.48 bits per heavy atom. The molecule has 1 unspecified atom stereocenters. The number of hydrogen-bond acceptors (Lipinski definition) is 4. The molecule has 4 heteroatoms. The number of rotatable bonds is 5. The average molecular weight is 318 g/mol. The van der Waals surface area contributed by atoms with Gasteiger partial charge in [-0.25, -0.2) is 0 Å². The highest BCUT2D eigenvalue weighted by Crippen LogP contribution is 2.37. The van der Waals surface area contributed by atoms with Crippen LogP contribution in [-0.2, 0) is 0 Å². The molecule has 23 heavy (non-hydrogen) atoms. The lowest BCUT2D eigenvalue weighted by molar-refractivity contribution is 0.154. The highest BCUT2D eigenvalue weighted by Gasteiger charge is 2.28. The number of benzene rings is 1. The van der Waals surface area contributed by atoms with Crippen LogP contribution in [0.2, 0.25) is 0 Å². The molecular formula is C19H30N2O2.